The van der Waals surface area contributed by atoms with E-state index in [2.05, 4.69) is 10.2 Å². The van der Waals surface area contributed by atoms with E-state index >= 15 is 0 Å². The Balaban J connectivity index is 2.10. The molecule has 0 radical (unpaired) electrons. The van der Waals surface area contributed by atoms with Crippen LogP contribution < -0.4 is 5.32 Å². The lowest BCUT2D eigenvalue weighted by Crippen LogP contribution is -2.45. The van der Waals surface area contributed by atoms with Crippen molar-refractivity contribution in [3.05, 3.63) is 34.9 Å². The van der Waals surface area contributed by atoms with E-state index in [0.29, 0.717) is 11.6 Å². The van der Waals surface area contributed by atoms with Crippen LogP contribution in [0.5, 0.6) is 0 Å². The first-order valence-electron chi connectivity index (χ1n) is 6.47. The van der Waals surface area contributed by atoms with Crippen LogP contribution in [-0.4, -0.2) is 50.7 Å². The number of ether oxygens (including phenoxy) is 1. The third kappa shape index (κ3) is 3.93. The second kappa shape index (κ2) is 6.89. The number of halogens is 1. The zero-order chi connectivity index (χ0) is 13.7. The van der Waals surface area contributed by atoms with E-state index in [1.165, 1.54) is 7.11 Å². The van der Waals surface area contributed by atoms with Crippen molar-refractivity contribution in [2.75, 3.05) is 39.8 Å². The normalized spacial score (nSPS) is 18.0. The molecule has 0 saturated carbocycles. The number of esters is 1. The van der Waals surface area contributed by atoms with Crippen molar-refractivity contribution in [3.8, 4) is 0 Å². The van der Waals surface area contributed by atoms with Gasteiger partial charge in [-0.1, -0.05) is 23.7 Å². The fourth-order valence-corrected chi connectivity index (χ4v) is 2.43. The molecular weight excluding hydrogens is 264 g/mol. The van der Waals surface area contributed by atoms with Crippen molar-refractivity contribution >= 4 is 17.6 Å². The highest BCUT2D eigenvalue weighted by molar-refractivity contribution is 6.30. The maximum atomic E-state index is 12.0. The molecule has 5 heteroatoms. The van der Waals surface area contributed by atoms with Crippen LogP contribution in [0.25, 0.3) is 0 Å². The zero-order valence-electron chi connectivity index (χ0n) is 11.1. The molecule has 1 saturated heterocycles. The number of nitrogens with one attached hydrogen (secondary N) is 1. The SMILES string of the molecule is COC(=O)C(CN1CCNCC1)c1ccc(Cl)cc1. The van der Waals surface area contributed by atoms with Gasteiger partial charge in [-0.25, -0.2) is 0 Å². The van der Waals surface area contributed by atoms with E-state index in [-0.39, 0.29) is 11.9 Å². The summed E-state index contributed by atoms with van der Waals surface area (Å²) < 4.78 is 4.92. The minimum Gasteiger partial charge on any atom is -0.469 e. The van der Waals surface area contributed by atoms with Gasteiger partial charge < -0.3 is 10.1 Å². The first-order chi connectivity index (χ1) is 9.20. The molecule has 0 aromatic heterocycles. The Morgan fingerprint density at radius 2 is 2.00 bits per heavy atom. The lowest BCUT2D eigenvalue weighted by Gasteiger charge is -2.30. The largest absolute Gasteiger partial charge is 0.469 e. The van der Waals surface area contributed by atoms with Crippen LogP contribution in [-0.2, 0) is 9.53 Å². The summed E-state index contributed by atoms with van der Waals surface area (Å²) in [7, 11) is 1.43. The molecule has 104 valence electrons. The van der Waals surface area contributed by atoms with Crippen LogP contribution >= 0.6 is 11.6 Å². The van der Waals surface area contributed by atoms with Crippen LogP contribution in [0.4, 0.5) is 0 Å². The van der Waals surface area contributed by atoms with Gasteiger partial charge >= 0.3 is 5.97 Å². The number of carbonyl (C=O) groups excluding carboxylic acids is 1. The maximum absolute atomic E-state index is 12.0. The average molecular weight is 283 g/mol. The van der Waals surface area contributed by atoms with E-state index in [0.717, 1.165) is 31.7 Å². The Morgan fingerprint density at radius 3 is 2.58 bits per heavy atom. The Hall–Kier alpha value is -1.10. The fourth-order valence-electron chi connectivity index (χ4n) is 2.31. The topological polar surface area (TPSA) is 41.6 Å². The van der Waals surface area contributed by atoms with Crippen LogP contribution in [0.1, 0.15) is 11.5 Å². The van der Waals surface area contributed by atoms with Gasteiger partial charge in [-0.15, -0.1) is 0 Å². The molecular formula is C14H19ClN2O2. The van der Waals surface area contributed by atoms with E-state index in [4.69, 9.17) is 16.3 Å². The van der Waals surface area contributed by atoms with Gasteiger partial charge in [0.1, 0.15) is 0 Å². The quantitative estimate of drug-likeness (QED) is 0.850. The van der Waals surface area contributed by atoms with E-state index < -0.39 is 0 Å². The van der Waals surface area contributed by atoms with Crippen molar-refractivity contribution in [3.63, 3.8) is 0 Å². The molecule has 1 unspecified atom stereocenters. The summed E-state index contributed by atoms with van der Waals surface area (Å²) in [6, 6.07) is 7.41. The second-order valence-corrected chi connectivity index (χ2v) is 5.11. The number of hydrogen-bond donors (Lipinski definition) is 1. The van der Waals surface area contributed by atoms with Gasteiger partial charge in [0, 0.05) is 37.7 Å². The summed E-state index contributed by atoms with van der Waals surface area (Å²) in [6.45, 7) is 4.54. The summed E-state index contributed by atoms with van der Waals surface area (Å²) in [4.78, 5) is 14.3. The van der Waals surface area contributed by atoms with Crippen LogP contribution in [0, 0.1) is 0 Å². The predicted octanol–water partition coefficient (Wildman–Crippen LogP) is 1.50. The maximum Gasteiger partial charge on any atom is 0.314 e. The minimum absolute atomic E-state index is 0.194. The summed E-state index contributed by atoms with van der Waals surface area (Å²) in [5.74, 6) is -0.443. The summed E-state index contributed by atoms with van der Waals surface area (Å²) >= 11 is 5.89. The molecule has 0 spiro atoms. The standard InChI is InChI=1S/C14H19ClN2O2/c1-19-14(18)13(10-17-8-6-16-7-9-17)11-2-4-12(15)5-3-11/h2-5,13,16H,6-10H2,1H3. The van der Waals surface area contributed by atoms with Crippen molar-refractivity contribution in [2.24, 2.45) is 0 Å². The first-order valence-corrected chi connectivity index (χ1v) is 6.85. The van der Waals surface area contributed by atoms with Gasteiger partial charge in [-0.3, -0.25) is 9.69 Å². The van der Waals surface area contributed by atoms with Crippen LogP contribution in [0.2, 0.25) is 5.02 Å². The van der Waals surface area contributed by atoms with Gasteiger partial charge in [-0.05, 0) is 17.7 Å². The van der Waals surface area contributed by atoms with Crippen LogP contribution in [0.3, 0.4) is 0 Å². The number of rotatable bonds is 4. The van der Waals surface area contributed by atoms with Gasteiger partial charge in [-0.2, -0.15) is 0 Å². The number of benzene rings is 1. The third-order valence-corrected chi connectivity index (χ3v) is 3.66. The molecule has 1 aromatic carbocycles. The van der Waals surface area contributed by atoms with Crippen molar-refractivity contribution < 1.29 is 9.53 Å². The molecule has 1 aliphatic heterocycles. The van der Waals surface area contributed by atoms with E-state index in [9.17, 15) is 4.79 Å². The molecule has 1 aliphatic rings. The monoisotopic (exact) mass is 282 g/mol. The Labute approximate surface area is 118 Å². The van der Waals surface area contributed by atoms with E-state index in [1.807, 2.05) is 24.3 Å². The molecule has 0 amide bonds. The summed E-state index contributed by atoms with van der Waals surface area (Å²) in [6.07, 6.45) is 0. The summed E-state index contributed by atoms with van der Waals surface area (Å²) in [5.41, 5.74) is 0.954. The molecule has 0 aliphatic carbocycles. The van der Waals surface area contributed by atoms with Crippen molar-refractivity contribution in [1.29, 1.82) is 0 Å². The lowest BCUT2D eigenvalue weighted by atomic mass is 9.98. The minimum atomic E-state index is -0.250. The Morgan fingerprint density at radius 1 is 1.37 bits per heavy atom. The molecule has 1 N–H and O–H groups in total. The number of nitrogens with zero attached hydrogens (tertiary/aromatic N) is 1. The number of methoxy groups -OCH3 is 1. The number of carbonyl (C=O) groups is 1. The molecule has 1 atom stereocenters. The van der Waals surface area contributed by atoms with Crippen LogP contribution in [0.15, 0.2) is 24.3 Å². The average Bonchev–Trinajstić information content (AvgIpc) is 2.46. The molecule has 4 nitrogen and oxygen atoms in total. The highest BCUT2D eigenvalue weighted by Gasteiger charge is 2.25. The van der Waals surface area contributed by atoms with Gasteiger partial charge in [0.25, 0.3) is 0 Å². The Bertz CT molecular complexity index is 416. The first kappa shape index (κ1) is 14.3. The third-order valence-electron chi connectivity index (χ3n) is 3.41. The summed E-state index contributed by atoms with van der Waals surface area (Å²) in [5, 5.41) is 3.98. The molecule has 1 fully saturated rings. The van der Waals surface area contributed by atoms with Gasteiger partial charge in [0.2, 0.25) is 0 Å². The molecule has 1 aromatic rings. The number of hydrogen-bond acceptors (Lipinski definition) is 4. The lowest BCUT2D eigenvalue weighted by molar-refractivity contribution is -0.143. The molecule has 1 heterocycles. The number of piperazine rings is 1. The second-order valence-electron chi connectivity index (χ2n) is 4.68. The van der Waals surface area contributed by atoms with Gasteiger partial charge in [0.05, 0.1) is 13.0 Å². The van der Waals surface area contributed by atoms with Crippen molar-refractivity contribution in [2.45, 2.75) is 5.92 Å². The smallest absolute Gasteiger partial charge is 0.314 e. The van der Waals surface area contributed by atoms with Crippen molar-refractivity contribution in [1.82, 2.24) is 10.2 Å². The molecule has 0 bridgehead atoms. The molecule has 2 rings (SSSR count). The Kier molecular flexibility index (Phi) is 5.19. The fraction of sp³-hybridized carbons (Fsp3) is 0.500. The molecule has 19 heavy (non-hydrogen) atoms. The van der Waals surface area contributed by atoms with E-state index in [1.54, 1.807) is 0 Å². The predicted molar refractivity (Wildman–Crippen MR) is 75.5 cm³/mol. The zero-order valence-corrected chi connectivity index (χ0v) is 11.8. The highest BCUT2D eigenvalue weighted by atomic mass is 35.5. The highest BCUT2D eigenvalue weighted by Crippen LogP contribution is 2.21. The van der Waals surface area contributed by atoms with Gasteiger partial charge in [0.15, 0.2) is 0 Å².